The van der Waals surface area contributed by atoms with Gasteiger partial charge in [0.25, 0.3) is 5.91 Å². The van der Waals surface area contributed by atoms with Crippen molar-refractivity contribution < 1.29 is 14.3 Å². The highest BCUT2D eigenvalue weighted by Gasteiger charge is 2.11. The largest absolute Gasteiger partial charge is 0.497 e. The summed E-state index contributed by atoms with van der Waals surface area (Å²) < 4.78 is 10.4. The van der Waals surface area contributed by atoms with E-state index in [2.05, 4.69) is 5.32 Å². The third kappa shape index (κ3) is 3.54. The second-order valence-electron chi connectivity index (χ2n) is 4.87. The molecule has 0 atom stereocenters. The van der Waals surface area contributed by atoms with Crippen LogP contribution in [0.4, 0.5) is 5.69 Å². The van der Waals surface area contributed by atoms with Crippen LogP contribution in [0.5, 0.6) is 11.5 Å². The fourth-order valence-corrected chi connectivity index (χ4v) is 2.00. The Kier molecular flexibility index (Phi) is 4.48. The number of carbonyl (C=O) groups excluding carboxylic acids is 1. The van der Waals surface area contributed by atoms with E-state index in [0.717, 1.165) is 16.8 Å². The summed E-state index contributed by atoms with van der Waals surface area (Å²) in [6.45, 7) is 3.95. The Morgan fingerprint density at radius 3 is 2.14 bits per heavy atom. The highest BCUT2D eigenvalue weighted by molar-refractivity contribution is 6.05. The number of aryl methyl sites for hydroxylation is 2. The Labute approximate surface area is 124 Å². The first kappa shape index (κ1) is 14.9. The zero-order valence-corrected chi connectivity index (χ0v) is 12.7. The third-order valence-electron chi connectivity index (χ3n) is 3.25. The molecule has 0 bridgehead atoms. The molecule has 2 rings (SSSR count). The van der Waals surface area contributed by atoms with Crippen LogP contribution in [0.1, 0.15) is 21.5 Å². The van der Waals surface area contributed by atoms with Gasteiger partial charge in [0.1, 0.15) is 11.5 Å². The lowest BCUT2D eigenvalue weighted by Gasteiger charge is -2.11. The maximum Gasteiger partial charge on any atom is 0.255 e. The SMILES string of the molecule is COc1cc(OC)cc(C(=O)Nc2cc(C)ccc2C)c1. The van der Waals surface area contributed by atoms with Gasteiger partial charge in [0.2, 0.25) is 0 Å². The van der Waals surface area contributed by atoms with E-state index in [4.69, 9.17) is 9.47 Å². The molecular weight excluding hydrogens is 266 g/mol. The number of methoxy groups -OCH3 is 2. The zero-order valence-electron chi connectivity index (χ0n) is 12.7. The molecule has 0 spiro atoms. The second-order valence-corrected chi connectivity index (χ2v) is 4.87. The maximum absolute atomic E-state index is 12.4. The van der Waals surface area contributed by atoms with Crippen LogP contribution in [-0.4, -0.2) is 20.1 Å². The molecule has 1 N–H and O–H groups in total. The average Bonchev–Trinajstić information content (AvgIpc) is 2.50. The van der Waals surface area contributed by atoms with Crippen molar-refractivity contribution in [2.45, 2.75) is 13.8 Å². The first-order valence-corrected chi connectivity index (χ1v) is 6.65. The van der Waals surface area contributed by atoms with Crippen molar-refractivity contribution in [3.63, 3.8) is 0 Å². The van der Waals surface area contributed by atoms with E-state index < -0.39 is 0 Å². The summed E-state index contributed by atoms with van der Waals surface area (Å²) in [5.41, 5.74) is 3.41. The monoisotopic (exact) mass is 285 g/mol. The summed E-state index contributed by atoms with van der Waals surface area (Å²) in [7, 11) is 3.11. The van der Waals surface area contributed by atoms with Crippen molar-refractivity contribution in [1.82, 2.24) is 0 Å². The van der Waals surface area contributed by atoms with Crippen LogP contribution in [-0.2, 0) is 0 Å². The molecule has 0 aliphatic carbocycles. The van der Waals surface area contributed by atoms with Crippen LogP contribution in [0.15, 0.2) is 36.4 Å². The molecule has 110 valence electrons. The molecule has 4 nitrogen and oxygen atoms in total. The quantitative estimate of drug-likeness (QED) is 0.934. The van der Waals surface area contributed by atoms with E-state index in [1.807, 2.05) is 32.0 Å². The number of hydrogen-bond acceptors (Lipinski definition) is 3. The summed E-state index contributed by atoms with van der Waals surface area (Å²) >= 11 is 0. The number of ether oxygens (including phenoxy) is 2. The van der Waals surface area contributed by atoms with Gasteiger partial charge in [-0.2, -0.15) is 0 Å². The highest BCUT2D eigenvalue weighted by atomic mass is 16.5. The van der Waals surface area contributed by atoms with Crippen LogP contribution in [0.25, 0.3) is 0 Å². The first-order chi connectivity index (χ1) is 10.0. The maximum atomic E-state index is 12.4. The zero-order chi connectivity index (χ0) is 15.4. The van der Waals surface area contributed by atoms with Crippen LogP contribution >= 0.6 is 0 Å². The molecular formula is C17H19NO3. The minimum Gasteiger partial charge on any atom is -0.497 e. The molecule has 4 heteroatoms. The van der Waals surface area contributed by atoms with Crippen LogP contribution in [0.2, 0.25) is 0 Å². The molecule has 21 heavy (non-hydrogen) atoms. The van der Waals surface area contributed by atoms with Crippen molar-refractivity contribution >= 4 is 11.6 Å². The van der Waals surface area contributed by atoms with Gasteiger partial charge in [-0.05, 0) is 43.2 Å². The molecule has 0 aliphatic heterocycles. The van der Waals surface area contributed by atoms with E-state index in [-0.39, 0.29) is 5.91 Å². The molecule has 0 saturated heterocycles. The number of anilines is 1. The van der Waals surface area contributed by atoms with Crippen molar-refractivity contribution in [3.05, 3.63) is 53.1 Å². The minimum atomic E-state index is -0.194. The van der Waals surface area contributed by atoms with Gasteiger partial charge >= 0.3 is 0 Å². The number of benzene rings is 2. The normalized spacial score (nSPS) is 10.1. The smallest absolute Gasteiger partial charge is 0.255 e. The van der Waals surface area contributed by atoms with Crippen molar-refractivity contribution in [3.8, 4) is 11.5 Å². The number of amides is 1. The highest BCUT2D eigenvalue weighted by Crippen LogP contribution is 2.24. The Bertz CT molecular complexity index is 643. The lowest BCUT2D eigenvalue weighted by atomic mass is 10.1. The number of rotatable bonds is 4. The van der Waals surface area contributed by atoms with Gasteiger partial charge in [0.15, 0.2) is 0 Å². The molecule has 0 unspecified atom stereocenters. The molecule has 0 aromatic heterocycles. The van der Waals surface area contributed by atoms with E-state index in [0.29, 0.717) is 17.1 Å². The summed E-state index contributed by atoms with van der Waals surface area (Å²) in [6.07, 6.45) is 0. The van der Waals surface area contributed by atoms with Crippen molar-refractivity contribution in [2.24, 2.45) is 0 Å². The summed E-state index contributed by atoms with van der Waals surface area (Å²) in [4.78, 5) is 12.4. The van der Waals surface area contributed by atoms with Gasteiger partial charge in [0, 0.05) is 17.3 Å². The van der Waals surface area contributed by atoms with Gasteiger partial charge in [-0.25, -0.2) is 0 Å². The van der Waals surface area contributed by atoms with Gasteiger partial charge in [0.05, 0.1) is 14.2 Å². The second kappa shape index (κ2) is 6.31. The number of nitrogens with one attached hydrogen (secondary N) is 1. The molecule has 0 saturated carbocycles. The Morgan fingerprint density at radius 1 is 0.952 bits per heavy atom. The molecule has 0 fully saturated rings. The molecule has 0 radical (unpaired) electrons. The van der Waals surface area contributed by atoms with E-state index in [1.165, 1.54) is 0 Å². The minimum absolute atomic E-state index is 0.194. The molecule has 1 amide bonds. The van der Waals surface area contributed by atoms with Crippen LogP contribution in [0.3, 0.4) is 0 Å². The van der Waals surface area contributed by atoms with Gasteiger partial charge in [-0.15, -0.1) is 0 Å². The molecule has 2 aromatic rings. The van der Waals surface area contributed by atoms with Crippen LogP contribution in [0, 0.1) is 13.8 Å². The Balaban J connectivity index is 2.29. The summed E-state index contributed by atoms with van der Waals surface area (Å²) in [6, 6.07) is 11.0. The van der Waals surface area contributed by atoms with E-state index >= 15 is 0 Å². The number of hydrogen-bond donors (Lipinski definition) is 1. The predicted octanol–water partition coefficient (Wildman–Crippen LogP) is 3.57. The van der Waals surface area contributed by atoms with Gasteiger partial charge < -0.3 is 14.8 Å². The van der Waals surface area contributed by atoms with Gasteiger partial charge in [-0.3, -0.25) is 4.79 Å². The fourth-order valence-electron chi connectivity index (χ4n) is 2.00. The van der Waals surface area contributed by atoms with E-state index in [1.54, 1.807) is 32.4 Å². The first-order valence-electron chi connectivity index (χ1n) is 6.65. The summed E-state index contributed by atoms with van der Waals surface area (Å²) in [5.74, 6) is 0.974. The predicted molar refractivity (Wildman–Crippen MR) is 83.4 cm³/mol. The number of carbonyl (C=O) groups is 1. The van der Waals surface area contributed by atoms with Crippen molar-refractivity contribution in [1.29, 1.82) is 0 Å². The fraction of sp³-hybridized carbons (Fsp3) is 0.235. The lowest BCUT2D eigenvalue weighted by Crippen LogP contribution is -2.13. The molecule has 0 aliphatic rings. The van der Waals surface area contributed by atoms with E-state index in [9.17, 15) is 4.79 Å². The lowest BCUT2D eigenvalue weighted by molar-refractivity contribution is 0.102. The molecule has 2 aromatic carbocycles. The Hall–Kier alpha value is -2.49. The van der Waals surface area contributed by atoms with Gasteiger partial charge in [-0.1, -0.05) is 12.1 Å². The van der Waals surface area contributed by atoms with Crippen molar-refractivity contribution in [2.75, 3.05) is 19.5 Å². The standard InChI is InChI=1S/C17H19NO3/c1-11-5-6-12(2)16(7-11)18-17(19)13-8-14(20-3)10-15(9-13)21-4/h5-10H,1-4H3,(H,18,19). The summed E-state index contributed by atoms with van der Waals surface area (Å²) in [5, 5.41) is 2.92. The Morgan fingerprint density at radius 2 is 1.57 bits per heavy atom. The average molecular weight is 285 g/mol. The topological polar surface area (TPSA) is 47.6 Å². The molecule has 0 heterocycles. The third-order valence-corrected chi connectivity index (χ3v) is 3.25. The van der Waals surface area contributed by atoms with Crippen LogP contribution < -0.4 is 14.8 Å².